The van der Waals surface area contributed by atoms with Gasteiger partial charge in [0.15, 0.2) is 0 Å². The van der Waals surface area contributed by atoms with E-state index < -0.39 is 0 Å². The maximum absolute atomic E-state index is 5.59. The van der Waals surface area contributed by atoms with Crippen LogP contribution in [0.25, 0.3) is 0 Å². The van der Waals surface area contributed by atoms with Crippen molar-refractivity contribution in [3.8, 4) is 5.75 Å². The third-order valence-corrected chi connectivity index (χ3v) is 2.22. The van der Waals surface area contributed by atoms with E-state index in [0.717, 1.165) is 18.8 Å². The summed E-state index contributed by atoms with van der Waals surface area (Å²) in [4.78, 5) is 0. The molecule has 0 aliphatic rings. The van der Waals surface area contributed by atoms with Gasteiger partial charge in [-0.3, -0.25) is 0 Å². The summed E-state index contributed by atoms with van der Waals surface area (Å²) in [5, 5.41) is 0. The molecule has 84 valence electrons. The first kappa shape index (κ1) is 12.1. The van der Waals surface area contributed by atoms with Crippen LogP contribution >= 0.6 is 0 Å². The molecule has 0 radical (unpaired) electrons. The molecule has 15 heavy (non-hydrogen) atoms. The summed E-state index contributed by atoms with van der Waals surface area (Å²) < 4.78 is 11.0. The predicted molar refractivity (Wildman–Crippen MR) is 62.4 cm³/mol. The lowest BCUT2D eigenvalue weighted by atomic mass is 10.2. The second-order valence-electron chi connectivity index (χ2n) is 3.58. The summed E-state index contributed by atoms with van der Waals surface area (Å²) in [5.41, 5.74) is 1.17. The fraction of sp³-hybridized carbons (Fsp3) is 0.538. The van der Waals surface area contributed by atoms with Gasteiger partial charge in [0, 0.05) is 6.61 Å². The molecule has 0 saturated heterocycles. The molecule has 0 saturated carbocycles. The van der Waals surface area contributed by atoms with Gasteiger partial charge in [0.25, 0.3) is 0 Å². The largest absolute Gasteiger partial charge is 0.491 e. The number of unbranched alkanes of at least 4 members (excludes halogenated alkanes) is 1. The van der Waals surface area contributed by atoms with Crippen molar-refractivity contribution in [2.24, 2.45) is 0 Å². The Balaban J connectivity index is 2.12. The van der Waals surface area contributed by atoms with Gasteiger partial charge in [-0.15, -0.1) is 0 Å². The molecule has 2 heteroatoms. The van der Waals surface area contributed by atoms with Crippen LogP contribution in [0.5, 0.6) is 5.75 Å². The molecule has 0 N–H and O–H groups in total. The first-order valence-electron chi connectivity index (χ1n) is 5.60. The second kappa shape index (κ2) is 7.30. The smallest absolute Gasteiger partial charge is 0.122 e. The number of rotatable bonds is 7. The Hall–Kier alpha value is -1.02. The third-order valence-electron chi connectivity index (χ3n) is 2.22. The number of ether oxygens (including phenoxy) is 2. The van der Waals surface area contributed by atoms with E-state index in [1.54, 1.807) is 0 Å². The van der Waals surface area contributed by atoms with Crippen molar-refractivity contribution in [1.82, 2.24) is 0 Å². The molecule has 0 atom stereocenters. The Morgan fingerprint density at radius 1 is 1.07 bits per heavy atom. The summed E-state index contributed by atoms with van der Waals surface area (Å²) in [6, 6.07) is 8.04. The molecular weight excluding hydrogens is 188 g/mol. The van der Waals surface area contributed by atoms with Crippen molar-refractivity contribution >= 4 is 0 Å². The molecule has 0 bridgehead atoms. The van der Waals surface area contributed by atoms with E-state index in [9.17, 15) is 0 Å². The van der Waals surface area contributed by atoms with E-state index in [1.165, 1.54) is 12.0 Å². The van der Waals surface area contributed by atoms with Crippen LogP contribution in [0.15, 0.2) is 24.3 Å². The van der Waals surface area contributed by atoms with Crippen LogP contribution in [0.2, 0.25) is 0 Å². The molecule has 0 amide bonds. The molecule has 1 aromatic carbocycles. The van der Waals surface area contributed by atoms with Crippen molar-refractivity contribution in [1.29, 1.82) is 0 Å². The highest BCUT2D eigenvalue weighted by Gasteiger charge is 1.96. The number of benzene rings is 1. The van der Waals surface area contributed by atoms with Crippen molar-refractivity contribution in [2.75, 3.05) is 19.8 Å². The van der Waals surface area contributed by atoms with E-state index in [1.807, 2.05) is 31.2 Å². The Morgan fingerprint density at radius 3 is 2.60 bits per heavy atom. The SMILES string of the molecule is CCCCOCCOc1ccccc1C. The summed E-state index contributed by atoms with van der Waals surface area (Å²) in [7, 11) is 0. The van der Waals surface area contributed by atoms with Crippen molar-refractivity contribution in [3.63, 3.8) is 0 Å². The fourth-order valence-corrected chi connectivity index (χ4v) is 1.28. The van der Waals surface area contributed by atoms with Crippen LogP contribution in [0.4, 0.5) is 0 Å². The summed E-state index contributed by atoms with van der Waals surface area (Å²) >= 11 is 0. The molecule has 0 unspecified atom stereocenters. The quantitative estimate of drug-likeness (QED) is 0.641. The standard InChI is InChI=1S/C13H20O2/c1-3-4-9-14-10-11-15-13-8-6-5-7-12(13)2/h5-8H,3-4,9-11H2,1-2H3. The fourth-order valence-electron chi connectivity index (χ4n) is 1.28. The zero-order valence-corrected chi connectivity index (χ0v) is 9.66. The Kier molecular flexibility index (Phi) is 5.86. The molecular formula is C13H20O2. The average molecular weight is 208 g/mol. The van der Waals surface area contributed by atoms with Gasteiger partial charge >= 0.3 is 0 Å². The zero-order valence-electron chi connectivity index (χ0n) is 9.66. The Bertz CT molecular complexity index is 271. The molecule has 0 fully saturated rings. The Labute approximate surface area is 92.2 Å². The van der Waals surface area contributed by atoms with Crippen LogP contribution in [-0.2, 0) is 4.74 Å². The lowest BCUT2D eigenvalue weighted by Crippen LogP contribution is -2.07. The lowest BCUT2D eigenvalue weighted by Gasteiger charge is -2.08. The third kappa shape index (κ3) is 4.84. The molecule has 0 spiro atoms. The molecule has 0 aliphatic heterocycles. The van der Waals surface area contributed by atoms with Gasteiger partial charge in [-0.05, 0) is 25.0 Å². The van der Waals surface area contributed by atoms with Crippen LogP contribution in [-0.4, -0.2) is 19.8 Å². The van der Waals surface area contributed by atoms with Crippen LogP contribution in [0.1, 0.15) is 25.3 Å². The van der Waals surface area contributed by atoms with E-state index >= 15 is 0 Å². The molecule has 0 aromatic heterocycles. The average Bonchev–Trinajstić information content (AvgIpc) is 2.25. The number of hydrogen-bond donors (Lipinski definition) is 0. The van der Waals surface area contributed by atoms with Crippen LogP contribution in [0, 0.1) is 6.92 Å². The van der Waals surface area contributed by atoms with Crippen LogP contribution in [0.3, 0.4) is 0 Å². The molecule has 0 heterocycles. The van der Waals surface area contributed by atoms with E-state index in [-0.39, 0.29) is 0 Å². The monoisotopic (exact) mass is 208 g/mol. The van der Waals surface area contributed by atoms with E-state index in [2.05, 4.69) is 6.92 Å². The van der Waals surface area contributed by atoms with Crippen LogP contribution < -0.4 is 4.74 Å². The molecule has 0 aliphatic carbocycles. The van der Waals surface area contributed by atoms with Crippen molar-refractivity contribution in [3.05, 3.63) is 29.8 Å². The minimum absolute atomic E-state index is 0.633. The topological polar surface area (TPSA) is 18.5 Å². The minimum Gasteiger partial charge on any atom is -0.491 e. The summed E-state index contributed by atoms with van der Waals surface area (Å²) in [6.45, 7) is 6.36. The highest BCUT2D eigenvalue weighted by Crippen LogP contribution is 2.15. The van der Waals surface area contributed by atoms with Crippen molar-refractivity contribution in [2.45, 2.75) is 26.7 Å². The van der Waals surface area contributed by atoms with Gasteiger partial charge in [-0.25, -0.2) is 0 Å². The van der Waals surface area contributed by atoms with Gasteiger partial charge in [-0.1, -0.05) is 31.5 Å². The lowest BCUT2D eigenvalue weighted by molar-refractivity contribution is 0.0978. The minimum atomic E-state index is 0.633. The maximum Gasteiger partial charge on any atom is 0.122 e. The zero-order chi connectivity index (χ0) is 10.9. The van der Waals surface area contributed by atoms with Gasteiger partial charge in [0.05, 0.1) is 6.61 Å². The maximum atomic E-state index is 5.59. The first-order chi connectivity index (χ1) is 7.34. The van der Waals surface area contributed by atoms with E-state index in [4.69, 9.17) is 9.47 Å². The van der Waals surface area contributed by atoms with Gasteiger partial charge in [-0.2, -0.15) is 0 Å². The summed E-state index contributed by atoms with van der Waals surface area (Å²) in [6.07, 6.45) is 2.31. The second-order valence-corrected chi connectivity index (χ2v) is 3.58. The summed E-state index contributed by atoms with van der Waals surface area (Å²) in [5.74, 6) is 0.955. The normalized spacial score (nSPS) is 10.3. The molecule has 1 aromatic rings. The van der Waals surface area contributed by atoms with Crippen molar-refractivity contribution < 1.29 is 9.47 Å². The van der Waals surface area contributed by atoms with Gasteiger partial charge in [0.2, 0.25) is 0 Å². The highest BCUT2D eigenvalue weighted by molar-refractivity contribution is 5.31. The predicted octanol–water partition coefficient (Wildman–Crippen LogP) is 3.19. The van der Waals surface area contributed by atoms with Gasteiger partial charge < -0.3 is 9.47 Å². The first-order valence-corrected chi connectivity index (χ1v) is 5.60. The Morgan fingerprint density at radius 2 is 1.87 bits per heavy atom. The van der Waals surface area contributed by atoms with E-state index in [0.29, 0.717) is 13.2 Å². The molecule has 2 nitrogen and oxygen atoms in total. The highest BCUT2D eigenvalue weighted by atomic mass is 16.5. The van der Waals surface area contributed by atoms with Gasteiger partial charge in [0.1, 0.15) is 12.4 Å². The molecule has 1 rings (SSSR count). The number of hydrogen-bond acceptors (Lipinski definition) is 2. The number of aryl methyl sites for hydroxylation is 1. The number of para-hydroxylation sites is 1.